The molecule has 0 amide bonds. The van der Waals surface area contributed by atoms with Crippen molar-refractivity contribution < 1.29 is 5.11 Å². The molecule has 1 heteroatoms. The van der Waals surface area contributed by atoms with Crippen molar-refractivity contribution in [1.82, 2.24) is 0 Å². The summed E-state index contributed by atoms with van der Waals surface area (Å²) in [5.74, 6) is 0.699. The van der Waals surface area contributed by atoms with Crippen LogP contribution in [-0.2, 0) is 0 Å². The number of hydrogen-bond donors (Lipinski definition) is 1. The highest BCUT2D eigenvalue weighted by atomic mass is 16.3. The van der Waals surface area contributed by atoms with Crippen LogP contribution in [0.1, 0.15) is 59.8 Å². The third-order valence-electron chi connectivity index (χ3n) is 2.50. The molecule has 0 radical (unpaired) electrons. The summed E-state index contributed by atoms with van der Waals surface area (Å²) in [5, 5.41) is 8.72. The minimum absolute atomic E-state index is 0.348. The number of aliphatic hydroxyl groups is 1. The van der Waals surface area contributed by atoms with Crippen molar-refractivity contribution in [2.45, 2.75) is 59.8 Å². The normalized spacial score (nSPS) is 14.5. The Kier molecular flexibility index (Phi) is 6.40. The SMILES string of the molecule is CC(CCO)CCCCC(C)(C)C. The standard InChI is InChI=1S/C12H26O/c1-11(8-10-13)7-5-6-9-12(2,3)4/h11,13H,5-10H2,1-4H3. The Bertz CT molecular complexity index is 113. The molecule has 0 aliphatic heterocycles. The Morgan fingerprint density at radius 2 is 1.69 bits per heavy atom. The second-order valence-corrected chi connectivity index (χ2v) is 5.42. The maximum absolute atomic E-state index is 8.72. The van der Waals surface area contributed by atoms with Gasteiger partial charge in [-0.2, -0.15) is 0 Å². The lowest BCUT2D eigenvalue weighted by atomic mass is 9.88. The monoisotopic (exact) mass is 186 g/mol. The van der Waals surface area contributed by atoms with E-state index in [1.54, 1.807) is 0 Å². The Hall–Kier alpha value is -0.0400. The molecule has 0 aromatic heterocycles. The molecule has 80 valence electrons. The van der Waals surface area contributed by atoms with Crippen LogP contribution in [0, 0.1) is 11.3 Å². The highest BCUT2D eigenvalue weighted by Gasteiger charge is 2.09. The summed E-state index contributed by atoms with van der Waals surface area (Å²) in [5.41, 5.74) is 0.486. The van der Waals surface area contributed by atoms with Crippen LogP contribution in [-0.4, -0.2) is 11.7 Å². The van der Waals surface area contributed by atoms with E-state index in [9.17, 15) is 0 Å². The fourth-order valence-electron chi connectivity index (χ4n) is 1.51. The first-order valence-electron chi connectivity index (χ1n) is 5.56. The van der Waals surface area contributed by atoms with Gasteiger partial charge in [0.05, 0.1) is 0 Å². The lowest BCUT2D eigenvalue weighted by molar-refractivity contribution is 0.254. The van der Waals surface area contributed by atoms with Gasteiger partial charge in [0.15, 0.2) is 0 Å². The smallest absolute Gasteiger partial charge is 0.0433 e. The Labute approximate surface area is 83.5 Å². The van der Waals surface area contributed by atoms with Crippen LogP contribution < -0.4 is 0 Å². The van der Waals surface area contributed by atoms with Crippen LogP contribution >= 0.6 is 0 Å². The molecule has 1 N–H and O–H groups in total. The number of unbranched alkanes of at least 4 members (excludes halogenated alkanes) is 1. The van der Waals surface area contributed by atoms with Gasteiger partial charge in [0.1, 0.15) is 0 Å². The average molecular weight is 186 g/mol. The molecule has 1 nitrogen and oxygen atoms in total. The van der Waals surface area contributed by atoms with Crippen LogP contribution in [0.3, 0.4) is 0 Å². The zero-order chi connectivity index (χ0) is 10.3. The first kappa shape index (κ1) is 13.0. The summed E-state index contributed by atoms with van der Waals surface area (Å²) in [7, 11) is 0. The molecule has 0 saturated heterocycles. The largest absolute Gasteiger partial charge is 0.396 e. The van der Waals surface area contributed by atoms with E-state index in [0.29, 0.717) is 17.9 Å². The molecule has 0 bridgehead atoms. The van der Waals surface area contributed by atoms with Gasteiger partial charge in [-0.15, -0.1) is 0 Å². The molecule has 0 aromatic carbocycles. The van der Waals surface area contributed by atoms with E-state index in [2.05, 4.69) is 27.7 Å². The summed E-state index contributed by atoms with van der Waals surface area (Å²) >= 11 is 0. The topological polar surface area (TPSA) is 20.2 Å². The van der Waals surface area contributed by atoms with Crippen LogP contribution in [0.15, 0.2) is 0 Å². The number of hydrogen-bond acceptors (Lipinski definition) is 1. The minimum Gasteiger partial charge on any atom is -0.396 e. The summed E-state index contributed by atoms with van der Waals surface area (Å²) in [6.07, 6.45) is 6.21. The van der Waals surface area contributed by atoms with Gasteiger partial charge in [-0.3, -0.25) is 0 Å². The zero-order valence-electron chi connectivity index (χ0n) is 9.77. The predicted molar refractivity (Wildman–Crippen MR) is 58.8 cm³/mol. The van der Waals surface area contributed by atoms with Crippen LogP contribution in [0.5, 0.6) is 0 Å². The maximum atomic E-state index is 8.72. The van der Waals surface area contributed by atoms with E-state index in [-0.39, 0.29) is 0 Å². The molecule has 0 rings (SSSR count). The van der Waals surface area contributed by atoms with Gasteiger partial charge in [0.2, 0.25) is 0 Å². The summed E-state index contributed by atoms with van der Waals surface area (Å²) in [4.78, 5) is 0. The van der Waals surface area contributed by atoms with E-state index in [1.165, 1.54) is 25.7 Å². The van der Waals surface area contributed by atoms with Gasteiger partial charge in [-0.05, 0) is 24.2 Å². The van der Waals surface area contributed by atoms with Gasteiger partial charge in [-0.1, -0.05) is 47.0 Å². The van der Waals surface area contributed by atoms with Crippen molar-refractivity contribution in [1.29, 1.82) is 0 Å². The molecule has 1 unspecified atom stereocenters. The molecule has 0 aliphatic rings. The summed E-state index contributed by atoms with van der Waals surface area (Å²) in [6, 6.07) is 0. The Balaban J connectivity index is 3.25. The molecular formula is C12H26O. The molecule has 1 atom stereocenters. The third-order valence-corrected chi connectivity index (χ3v) is 2.50. The van der Waals surface area contributed by atoms with Crippen molar-refractivity contribution in [3.8, 4) is 0 Å². The molecule has 0 spiro atoms. The quantitative estimate of drug-likeness (QED) is 0.628. The first-order chi connectivity index (χ1) is 5.95. The first-order valence-corrected chi connectivity index (χ1v) is 5.56. The predicted octanol–water partition coefficient (Wildman–Crippen LogP) is 3.61. The fraction of sp³-hybridized carbons (Fsp3) is 1.00. The highest BCUT2D eigenvalue weighted by molar-refractivity contribution is 4.62. The number of aliphatic hydroxyl groups excluding tert-OH is 1. The van der Waals surface area contributed by atoms with E-state index in [4.69, 9.17) is 5.11 Å². The van der Waals surface area contributed by atoms with E-state index in [1.807, 2.05) is 0 Å². The maximum Gasteiger partial charge on any atom is 0.0433 e. The second-order valence-electron chi connectivity index (χ2n) is 5.42. The summed E-state index contributed by atoms with van der Waals surface area (Å²) < 4.78 is 0. The van der Waals surface area contributed by atoms with E-state index < -0.39 is 0 Å². The molecular weight excluding hydrogens is 160 g/mol. The van der Waals surface area contributed by atoms with Gasteiger partial charge >= 0.3 is 0 Å². The molecule has 0 aromatic rings. The molecule has 0 saturated carbocycles. The van der Waals surface area contributed by atoms with E-state index >= 15 is 0 Å². The fourth-order valence-corrected chi connectivity index (χ4v) is 1.51. The van der Waals surface area contributed by atoms with Crippen LogP contribution in [0.2, 0.25) is 0 Å². The van der Waals surface area contributed by atoms with Crippen molar-refractivity contribution in [3.63, 3.8) is 0 Å². The molecule has 13 heavy (non-hydrogen) atoms. The minimum atomic E-state index is 0.348. The molecule has 0 aliphatic carbocycles. The van der Waals surface area contributed by atoms with Gasteiger partial charge in [0.25, 0.3) is 0 Å². The lowest BCUT2D eigenvalue weighted by Crippen LogP contribution is -2.05. The molecule has 0 fully saturated rings. The van der Waals surface area contributed by atoms with E-state index in [0.717, 1.165) is 6.42 Å². The van der Waals surface area contributed by atoms with Gasteiger partial charge in [0, 0.05) is 6.61 Å². The van der Waals surface area contributed by atoms with Crippen molar-refractivity contribution in [2.75, 3.05) is 6.61 Å². The third kappa shape index (κ3) is 9.88. The van der Waals surface area contributed by atoms with Crippen LogP contribution in [0.25, 0.3) is 0 Å². The Morgan fingerprint density at radius 1 is 1.08 bits per heavy atom. The van der Waals surface area contributed by atoms with Crippen molar-refractivity contribution in [3.05, 3.63) is 0 Å². The van der Waals surface area contributed by atoms with Crippen molar-refractivity contribution >= 4 is 0 Å². The van der Waals surface area contributed by atoms with Gasteiger partial charge < -0.3 is 5.11 Å². The summed E-state index contributed by atoms with van der Waals surface area (Å²) in [6.45, 7) is 9.46. The van der Waals surface area contributed by atoms with Gasteiger partial charge in [-0.25, -0.2) is 0 Å². The Morgan fingerprint density at radius 3 is 2.15 bits per heavy atom. The van der Waals surface area contributed by atoms with Crippen LogP contribution in [0.4, 0.5) is 0 Å². The lowest BCUT2D eigenvalue weighted by Gasteiger charge is -2.18. The van der Waals surface area contributed by atoms with Crippen molar-refractivity contribution in [2.24, 2.45) is 11.3 Å². The number of rotatable bonds is 6. The second kappa shape index (κ2) is 6.42. The zero-order valence-corrected chi connectivity index (χ0v) is 9.77. The molecule has 0 heterocycles. The highest BCUT2D eigenvalue weighted by Crippen LogP contribution is 2.23. The average Bonchev–Trinajstić information content (AvgIpc) is 1.97.